The van der Waals surface area contributed by atoms with E-state index in [4.69, 9.17) is 9.47 Å². The van der Waals surface area contributed by atoms with E-state index in [1.165, 1.54) is 0 Å². The van der Waals surface area contributed by atoms with Crippen molar-refractivity contribution in [3.8, 4) is 11.6 Å². The Balaban J connectivity index is 2.32. The van der Waals surface area contributed by atoms with E-state index < -0.39 is 0 Å². The molecule has 0 aliphatic rings. The summed E-state index contributed by atoms with van der Waals surface area (Å²) in [5.41, 5.74) is 0.259. The molecule has 1 heterocycles. The second-order valence-corrected chi connectivity index (χ2v) is 7.21. The third kappa shape index (κ3) is 8.00. The highest BCUT2D eigenvalue weighted by Gasteiger charge is 2.11. The van der Waals surface area contributed by atoms with Crippen molar-refractivity contribution in [2.24, 2.45) is 5.41 Å². The van der Waals surface area contributed by atoms with Gasteiger partial charge in [-0.1, -0.05) is 20.8 Å². The molecule has 0 aliphatic carbocycles. The summed E-state index contributed by atoms with van der Waals surface area (Å²) in [6.45, 7) is 14.9. The third-order valence-corrected chi connectivity index (χ3v) is 2.39. The van der Waals surface area contributed by atoms with Gasteiger partial charge in [0.05, 0.1) is 12.8 Å². The molecule has 0 atom stereocenters. The van der Waals surface area contributed by atoms with E-state index in [9.17, 15) is 0 Å². The van der Waals surface area contributed by atoms with E-state index >= 15 is 0 Å². The van der Waals surface area contributed by atoms with E-state index in [1.54, 1.807) is 6.20 Å². The van der Waals surface area contributed by atoms with Gasteiger partial charge < -0.3 is 14.8 Å². The second kappa shape index (κ2) is 6.93. The van der Waals surface area contributed by atoms with Gasteiger partial charge in [-0.05, 0) is 32.3 Å². The summed E-state index contributed by atoms with van der Waals surface area (Å²) in [6.07, 6.45) is 1.71. The van der Waals surface area contributed by atoms with Gasteiger partial charge in [0.25, 0.3) is 0 Å². The molecule has 0 saturated carbocycles. The molecule has 1 aromatic rings. The van der Waals surface area contributed by atoms with Crippen LogP contribution in [-0.4, -0.2) is 30.3 Å². The largest absolute Gasteiger partial charge is 0.491 e. The van der Waals surface area contributed by atoms with Crippen LogP contribution in [0.15, 0.2) is 18.3 Å². The van der Waals surface area contributed by atoms with Gasteiger partial charge in [0.15, 0.2) is 0 Å². The molecular formula is C16H28N2O2. The van der Waals surface area contributed by atoms with Crippen LogP contribution in [-0.2, 0) is 0 Å². The van der Waals surface area contributed by atoms with Gasteiger partial charge in [-0.15, -0.1) is 0 Å². The molecule has 0 radical (unpaired) electrons. The van der Waals surface area contributed by atoms with Crippen molar-refractivity contribution in [3.05, 3.63) is 18.3 Å². The summed E-state index contributed by atoms with van der Waals surface area (Å²) < 4.78 is 11.2. The summed E-state index contributed by atoms with van der Waals surface area (Å²) >= 11 is 0. The Morgan fingerprint density at radius 3 is 2.25 bits per heavy atom. The normalized spacial score (nSPS) is 12.3. The molecule has 4 nitrogen and oxygen atoms in total. The molecule has 0 amide bonds. The van der Waals surface area contributed by atoms with Crippen LogP contribution >= 0.6 is 0 Å². The van der Waals surface area contributed by atoms with Gasteiger partial charge in [-0.25, -0.2) is 4.98 Å². The quantitative estimate of drug-likeness (QED) is 0.812. The lowest BCUT2D eigenvalue weighted by Crippen LogP contribution is -2.38. The maximum Gasteiger partial charge on any atom is 0.213 e. The van der Waals surface area contributed by atoms with Gasteiger partial charge in [-0.3, -0.25) is 0 Å². The minimum Gasteiger partial charge on any atom is -0.491 e. The molecule has 0 fully saturated rings. The van der Waals surface area contributed by atoms with E-state index in [1.807, 2.05) is 12.1 Å². The van der Waals surface area contributed by atoms with Gasteiger partial charge in [0, 0.05) is 18.2 Å². The Kier molecular flexibility index (Phi) is 5.81. The summed E-state index contributed by atoms with van der Waals surface area (Å²) in [6, 6.07) is 3.74. The minimum atomic E-state index is 0.113. The minimum absolute atomic E-state index is 0.113. The molecule has 0 unspecified atom stereocenters. The number of hydrogen-bond acceptors (Lipinski definition) is 4. The van der Waals surface area contributed by atoms with E-state index in [0.29, 0.717) is 19.1 Å². The highest BCUT2D eigenvalue weighted by molar-refractivity contribution is 5.22. The molecule has 1 aromatic heterocycles. The first-order chi connectivity index (χ1) is 9.16. The lowest BCUT2D eigenvalue weighted by Gasteiger charge is -2.20. The maximum absolute atomic E-state index is 5.67. The number of nitrogens with one attached hydrogen (secondary N) is 1. The summed E-state index contributed by atoms with van der Waals surface area (Å²) in [7, 11) is 0. The van der Waals surface area contributed by atoms with Crippen molar-refractivity contribution in [2.45, 2.75) is 47.1 Å². The fourth-order valence-corrected chi connectivity index (χ4v) is 1.42. The highest BCUT2D eigenvalue weighted by atomic mass is 16.5. The topological polar surface area (TPSA) is 43.4 Å². The Hall–Kier alpha value is -1.29. The standard InChI is InChI=1S/C16H28N2O2/c1-15(2,3)12-20-13-7-8-14(17-11-13)19-10-9-18-16(4,5)6/h7-8,11,18H,9-10,12H2,1-6H3. The second-order valence-electron chi connectivity index (χ2n) is 7.21. The van der Waals surface area contributed by atoms with Gasteiger partial charge >= 0.3 is 0 Å². The smallest absolute Gasteiger partial charge is 0.213 e. The number of aromatic nitrogens is 1. The van der Waals surface area contributed by atoms with Crippen molar-refractivity contribution in [3.63, 3.8) is 0 Å². The molecule has 1 N–H and O–H groups in total. The molecule has 0 spiro atoms. The number of ether oxygens (including phenoxy) is 2. The summed E-state index contributed by atoms with van der Waals surface area (Å²) in [5.74, 6) is 1.41. The fourth-order valence-electron chi connectivity index (χ4n) is 1.42. The fraction of sp³-hybridized carbons (Fsp3) is 0.688. The zero-order chi connectivity index (χ0) is 15.2. The Morgan fingerprint density at radius 1 is 1.05 bits per heavy atom. The van der Waals surface area contributed by atoms with E-state index in [2.05, 4.69) is 51.8 Å². The van der Waals surface area contributed by atoms with Crippen LogP contribution in [0.25, 0.3) is 0 Å². The lowest BCUT2D eigenvalue weighted by atomic mass is 9.99. The molecule has 20 heavy (non-hydrogen) atoms. The van der Waals surface area contributed by atoms with Gasteiger partial charge in [0.1, 0.15) is 12.4 Å². The van der Waals surface area contributed by atoms with Crippen molar-refractivity contribution >= 4 is 0 Å². The average molecular weight is 280 g/mol. The molecule has 0 bridgehead atoms. The molecular weight excluding hydrogens is 252 g/mol. The molecule has 0 saturated heterocycles. The SMILES string of the molecule is CC(C)(C)COc1ccc(OCCNC(C)(C)C)nc1. The van der Waals surface area contributed by atoms with Gasteiger partial charge in [-0.2, -0.15) is 0 Å². The molecule has 0 aliphatic heterocycles. The average Bonchev–Trinajstić information content (AvgIpc) is 2.31. The van der Waals surface area contributed by atoms with Crippen molar-refractivity contribution in [1.29, 1.82) is 0 Å². The lowest BCUT2D eigenvalue weighted by molar-refractivity contribution is 0.196. The van der Waals surface area contributed by atoms with Crippen LogP contribution in [0.3, 0.4) is 0 Å². The zero-order valence-corrected chi connectivity index (χ0v) is 13.6. The number of pyridine rings is 1. The Bertz CT molecular complexity index is 388. The molecule has 0 aromatic carbocycles. The monoisotopic (exact) mass is 280 g/mol. The van der Waals surface area contributed by atoms with Crippen LogP contribution in [0, 0.1) is 5.41 Å². The Morgan fingerprint density at radius 2 is 1.75 bits per heavy atom. The van der Waals surface area contributed by atoms with Crippen molar-refractivity contribution in [1.82, 2.24) is 10.3 Å². The van der Waals surface area contributed by atoms with Crippen LogP contribution in [0.2, 0.25) is 0 Å². The first-order valence-electron chi connectivity index (χ1n) is 7.12. The maximum atomic E-state index is 5.67. The van der Waals surface area contributed by atoms with Gasteiger partial charge in [0.2, 0.25) is 5.88 Å². The van der Waals surface area contributed by atoms with Crippen molar-refractivity contribution in [2.75, 3.05) is 19.8 Å². The van der Waals surface area contributed by atoms with Crippen LogP contribution in [0.1, 0.15) is 41.5 Å². The van der Waals surface area contributed by atoms with Crippen molar-refractivity contribution < 1.29 is 9.47 Å². The molecule has 4 heteroatoms. The zero-order valence-electron chi connectivity index (χ0n) is 13.6. The van der Waals surface area contributed by atoms with E-state index in [-0.39, 0.29) is 11.0 Å². The van der Waals surface area contributed by atoms with E-state index in [0.717, 1.165) is 12.3 Å². The summed E-state index contributed by atoms with van der Waals surface area (Å²) in [5, 5.41) is 3.36. The van der Waals surface area contributed by atoms with Crippen LogP contribution in [0.5, 0.6) is 11.6 Å². The highest BCUT2D eigenvalue weighted by Crippen LogP contribution is 2.18. The Labute approximate surface area is 122 Å². The predicted octanol–water partition coefficient (Wildman–Crippen LogP) is 3.27. The summed E-state index contributed by atoms with van der Waals surface area (Å²) in [4.78, 5) is 4.24. The molecule has 1 rings (SSSR count). The molecule has 114 valence electrons. The third-order valence-electron chi connectivity index (χ3n) is 2.39. The van der Waals surface area contributed by atoms with Crippen LogP contribution < -0.4 is 14.8 Å². The first-order valence-corrected chi connectivity index (χ1v) is 7.12. The first kappa shape index (κ1) is 16.8. The number of nitrogens with zero attached hydrogens (tertiary/aromatic N) is 1. The van der Waals surface area contributed by atoms with Crippen LogP contribution in [0.4, 0.5) is 0 Å². The number of hydrogen-bond donors (Lipinski definition) is 1. The predicted molar refractivity (Wildman–Crippen MR) is 82.4 cm³/mol. The number of rotatable bonds is 6.